The monoisotopic (exact) mass is 483 g/mol. The van der Waals surface area contributed by atoms with Gasteiger partial charge in [0.1, 0.15) is 39.9 Å². The zero-order chi connectivity index (χ0) is 24.4. The summed E-state index contributed by atoms with van der Waals surface area (Å²) in [5.41, 5.74) is 4.66. The average Bonchev–Trinajstić information content (AvgIpc) is 3.36. The van der Waals surface area contributed by atoms with Crippen LogP contribution in [0.2, 0.25) is 5.02 Å². The van der Waals surface area contributed by atoms with Gasteiger partial charge in [-0.1, -0.05) is 48.9 Å². The number of hydrogen-bond acceptors (Lipinski definition) is 7. The molecule has 1 amide bonds. The number of ketones is 2. The van der Waals surface area contributed by atoms with E-state index < -0.39 is 41.0 Å². The Labute approximate surface area is 200 Å². The summed E-state index contributed by atoms with van der Waals surface area (Å²) in [5.74, 6) is -2.87. The van der Waals surface area contributed by atoms with E-state index in [0.29, 0.717) is 11.3 Å². The van der Waals surface area contributed by atoms with Crippen LogP contribution in [0.5, 0.6) is 17.2 Å². The third kappa shape index (κ3) is 2.81. The molecule has 9 heteroatoms. The van der Waals surface area contributed by atoms with Gasteiger partial charge in [0.25, 0.3) is 0 Å². The standard InChI is InChI=1S/C25H22ClNO7/c1-11-9-14-16(18(24(27)30)20(33-14)12-7-5-4-6-8-12)22(28)25(11)23(29)17-13(31-2)10-15(32-3)19(26)21(17)34-25/h4-8,10-11,18,20H,9H2,1-3H3,(H2,27,30)/t11-,18-,20+,25+/m1/s1. The van der Waals surface area contributed by atoms with E-state index in [1.165, 1.54) is 20.3 Å². The van der Waals surface area contributed by atoms with E-state index in [0.717, 1.165) is 0 Å². The van der Waals surface area contributed by atoms with Crippen molar-refractivity contribution in [1.82, 2.24) is 0 Å². The smallest absolute Gasteiger partial charge is 0.236 e. The Morgan fingerprint density at radius 1 is 1.12 bits per heavy atom. The maximum absolute atomic E-state index is 14.1. The molecular weight excluding hydrogens is 462 g/mol. The molecule has 5 rings (SSSR count). The number of rotatable bonds is 4. The molecule has 0 bridgehead atoms. The SMILES string of the molecule is COc1cc(OC)c2c(c1Cl)O[C@@]1(C(=O)C3=C(C[C@H]1C)O[C@@H](c1ccccc1)[C@@H]3C(N)=O)C2=O. The van der Waals surface area contributed by atoms with Crippen molar-refractivity contribution in [3.05, 3.63) is 63.9 Å². The summed E-state index contributed by atoms with van der Waals surface area (Å²) in [4.78, 5) is 40.5. The Kier molecular flexibility index (Phi) is 5.09. The van der Waals surface area contributed by atoms with Crippen molar-refractivity contribution in [1.29, 1.82) is 0 Å². The number of allylic oxidation sites excluding steroid dienone is 1. The van der Waals surface area contributed by atoms with E-state index >= 15 is 0 Å². The van der Waals surface area contributed by atoms with Gasteiger partial charge in [-0.05, 0) is 5.56 Å². The lowest BCUT2D eigenvalue weighted by Gasteiger charge is -2.36. The number of hydrogen-bond donors (Lipinski definition) is 1. The van der Waals surface area contributed by atoms with Crippen LogP contribution in [-0.2, 0) is 14.3 Å². The fourth-order valence-corrected chi connectivity index (χ4v) is 5.42. The first-order chi connectivity index (χ1) is 16.3. The lowest BCUT2D eigenvalue weighted by atomic mass is 9.69. The van der Waals surface area contributed by atoms with E-state index in [2.05, 4.69) is 0 Å². The highest BCUT2D eigenvalue weighted by atomic mass is 35.5. The quantitative estimate of drug-likeness (QED) is 0.663. The Morgan fingerprint density at radius 3 is 2.41 bits per heavy atom. The van der Waals surface area contributed by atoms with Crippen molar-refractivity contribution in [2.45, 2.75) is 25.0 Å². The second-order valence-electron chi connectivity index (χ2n) is 8.57. The minimum absolute atomic E-state index is 0.0151. The second kappa shape index (κ2) is 7.77. The summed E-state index contributed by atoms with van der Waals surface area (Å²) in [6, 6.07) is 10.5. The van der Waals surface area contributed by atoms with Crippen LogP contribution in [0.4, 0.5) is 0 Å². The van der Waals surface area contributed by atoms with E-state index in [-0.39, 0.29) is 39.8 Å². The first kappa shape index (κ1) is 22.3. The van der Waals surface area contributed by atoms with Gasteiger partial charge in [-0.3, -0.25) is 14.4 Å². The number of nitrogens with two attached hydrogens (primary N) is 1. The molecule has 0 radical (unpaired) electrons. The van der Waals surface area contributed by atoms with Crippen molar-refractivity contribution >= 4 is 29.1 Å². The zero-order valence-corrected chi connectivity index (χ0v) is 19.5. The molecule has 2 aromatic rings. The molecule has 8 nitrogen and oxygen atoms in total. The average molecular weight is 484 g/mol. The molecule has 0 unspecified atom stereocenters. The number of benzene rings is 2. The van der Waals surface area contributed by atoms with Crippen LogP contribution in [0.1, 0.15) is 35.4 Å². The van der Waals surface area contributed by atoms with Crippen LogP contribution < -0.4 is 19.9 Å². The second-order valence-corrected chi connectivity index (χ2v) is 8.94. The summed E-state index contributed by atoms with van der Waals surface area (Å²) in [5, 5.41) is 0.0552. The van der Waals surface area contributed by atoms with Crippen molar-refractivity contribution in [3.63, 3.8) is 0 Å². The van der Waals surface area contributed by atoms with Crippen LogP contribution in [0.25, 0.3) is 0 Å². The topological polar surface area (TPSA) is 114 Å². The molecule has 2 heterocycles. The normalized spacial score (nSPS) is 27.2. The van der Waals surface area contributed by atoms with Gasteiger partial charge in [0.05, 0.1) is 19.8 Å². The molecule has 0 fully saturated rings. The van der Waals surface area contributed by atoms with Gasteiger partial charge in [0.15, 0.2) is 5.75 Å². The number of primary amides is 1. The van der Waals surface area contributed by atoms with Gasteiger partial charge in [0, 0.05) is 18.4 Å². The number of halogens is 1. The van der Waals surface area contributed by atoms with Crippen LogP contribution >= 0.6 is 11.6 Å². The lowest BCUT2D eigenvalue weighted by molar-refractivity contribution is -0.132. The maximum atomic E-state index is 14.1. The summed E-state index contributed by atoms with van der Waals surface area (Å²) in [7, 11) is 2.81. The summed E-state index contributed by atoms with van der Waals surface area (Å²) in [6.45, 7) is 1.72. The number of carbonyl (C=O) groups excluding carboxylic acids is 3. The first-order valence-corrected chi connectivity index (χ1v) is 11.1. The van der Waals surface area contributed by atoms with Crippen LogP contribution in [0, 0.1) is 11.8 Å². The molecule has 2 aromatic carbocycles. The fourth-order valence-electron chi connectivity index (χ4n) is 5.15. The van der Waals surface area contributed by atoms with Crippen LogP contribution in [0.3, 0.4) is 0 Å². The molecule has 0 saturated heterocycles. The van der Waals surface area contributed by atoms with Crippen molar-refractivity contribution < 1.29 is 33.3 Å². The zero-order valence-electron chi connectivity index (χ0n) is 18.7. The molecule has 1 spiro atoms. The Bertz CT molecular complexity index is 1270. The number of methoxy groups -OCH3 is 2. The van der Waals surface area contributed by atoms with Gasteiger partial charge >= 0.3 is 0 Å². The van der Waals surface area contributed by atoms with Gasteiger partial charge in [-0.25, -0.2) is 0 Å². The number of ether oxygens (including phenoxy) is 4. The highest BCUT2D eigenvalue weighted by molar-refractivity contribution is 6.36. The van der Waals surface area contributed by atoms with Crippen LogP contribution in [0.15, 0.2) is 47.7 Å². The number of fused-ring (bicyclic) bond motifs is 1. The number of Topliss-reactive ketones (excluding diaryl/α,β-unsaturated/α-hetero) is 2. The molecule has 3 aliphatic rings. The minimum Gasteiger partial charge on any atom is -0.496 e. The maximum Gasteiger partial charge on any atom is 0.236 e. The minimum atomic E-state index is -1.92. The largest absolute Gasteiger partial charge is 0.496 e. The van der Waals surface area contributed by atoms with E-state index in [1.807, 2.05) is 18.2 Å². The predicted octanol–water partition coefficient (Wildman–Crippen LogP) is 3.41. The molecule has 1 aliphatic carbocycles. The molecule has 0 aromatic heterocycles. The predicted molar refractivity (Wildman–Crippen MR) is 121 cm³/mol. The van der Waals surface area contributed by atoms with Crippen molar-refractivity contribution in [2.24, 2.45) is 17.6 Å². The number of amides is 1. The lowest BCUT2D eigenvalue weighted by Crippen LogP contribution is -2.57. The fraction of sp³-hybridized carbons (Fsp3) is 0.320. The van der Waals surface area contributed by atoms with E-state index in [9.17, 15) is 14.4 Å². The molecule has 2 N–H and O–H groups in total. The van der Waals surface area contributed by atoms with E-state index in [4.69, 9.17) is 36.3 Å². The molecule has 34 heavy (non-hydrogen) atoms. The third-order valence-corrected chi connectivity index (χ3v) is 7.16. The molecule has 0 saturated carbocycles. The van der Waals surface area contributed by atoms with Gasteiger partial charge < -0.3 is 24.7 Å². The molecular formula is C25H22ClNO7. The van der Waals surface area contributed by atoms with Gasteiger partial charge in [-0.15, -0.1) is 0 Å². The van der Waals surface area contributed by atoms with Crippen molar-refractivity contribution in [3.8, 4) is 17.2 Å². The Hall–Kier alpha value is -3.52. The third-order valence-electron chi connectivity index (χ3n) is 6.80. The highest BCUT2D eigenvalue weighted by Crippen LogP contribution is 2.57. The molecule has 4 atom stereocenters. The van der Waals surface area contributed by atoms with Gasteiger partial charge in [0.2, 0.25) is 23.1 Å². The summed E-state index contributed by atoms with van der Waals surface area (Å²) < 4.78 is 22.9. The number of carbonyl (C=O) groups is 3. The van der Waals surface area contributed by atoms with E-state index in [1.54, 1.807) is 19.1 Å². The molecule has 176 valence electrons. The Morgan fingerprint density at radius 2 is 1.79 bits per heavy atom. The van der Waals surface area contributed by atoms with Crippen molar-refractivity contribution in [2.75, 3.05) is 14.2 Å². The highest BCUT2D eigenvalue weighted by Gasteiger charge is 2.65. The first-order valence-electron chi connectivity index (χ1n) is 10.7. The Balaban J connectivity index is 1.63. The van der Waals surface area contributed by atoms with Gasteiger partial charge in [-0.2, -0.15) is 0 Å². The van der Waals surface area contributed by atoms with Crippen LogP contribution in [-0.4, -0.2) is 37.3 Å². The summed E-state index contributed by atoms with van der Waals surface area (Å²) >= 11 is 6.46. The molecule has 2 aliphatic heterocycles. The summed E-state index contributed by atoms with van der Waals surface area (Å²) in [6.07, 6.45) is -0.572.